The first-order valence-corrected chi connectivity index (χ1v) is 15.2. The summed E-state index contributed by atoms with van der Waals surface area (Å²) in [6.45, 7) is 0. The van der Waals surface area contributed by atoms with E-state index in [1.807, 2.05) is 36.4 Å². The molecule has 0 aliphatic carbocycles. The Labute approximate surface area is 260 Å². The van der Waals surface area contributed by atoms with E-state index in [9.17, 15) is 0 Å². The molecule has 0 bridgehead atoms. The van der Waals surface area contributed by atoms with Gasteiger partial charge in [0.1, 0.15) is 11.2 Å². The third kappa shape index (κ3) is 4.29. The fourth-order valence-corrected chi connectivity index (χ4v) is 6.49. The molecule has 0 unspecified atom stereocenters. The van der Waals surface area contributed by atoms with Crippen LogP contribution >= 0.6 is 0 Å². The Morgan fingerprint density at radius 1 is 0.400 bits per heavy atom. The van der Waals surface area contributed by atoms with E-state index >= 15 is 0 Å². The molecule has 0 N–H and O–H groups in total. The van der Waals surface area contributed by atoms with Crippen molar-refractivity contribution in [2.24, 2.45) is 0 Å². The van der Waals surface area contributed by atoms with Crippen molar-refractivity contribution >= 4 is 43.5 Å². The van der Waals surface area contributed by atoms with Gasteiger partial charge in [-0.05, 0) is 45.3 Å². The Hall–Kier alpha value is -6.06. The van der Waals surface area contributed by atoms with Crippen LogP contribution in [0, 0.1) is 0 Å². The molecule has 0 fully saturated rings. The van der Waals surface area contributed by atoms with Gasteiger partial charge in [0, 0.05) is 33.0 Å². The van der Waals surface area contributed by atoms with Gasteiger partial charge in [-0.15, -0.1) is 0 Å². The summed E-state index contributed by atoms with van der Waals surface area (Å²) in [5.41, 5.74) is 8.83. The molecule has 3 nitrogen and oxygen atoms in total. The van der Waals surface area contributed by atoms with Crippen LogP contribution in [0.5, 0.6) is 0 Å². The van der Waals surface area contributed by atoms with E-state index in [0.717, 1.165) is 61.1 Å². The molecule has 2 aromatic heterocycles. The van der Waals surface area contributed by atoms with Crippen LogP contribution in [0.2, 0.25) is 0 Å². The van der Waals surface area contributed by atoms with Gasteiger partial charge in [-0.3, -0.25) is 0 Å². The summed E-state index contributed by atoms with van der Waals surface area (Å²) in [5.74, 6) is 0.695. The molecule has 45 heavy (non-hydrogen) atoms. The number of hydrogen-bond donors (Lipinski definition) is 0. The van der Waals surface area contributed by atoms with Gasteiger partial charge in [-0.1, -0.05) is 140 Å². The van der Waals surface area contributed by atoms with Crippen molar-refractivity contribution in [2.45, 2.75) is 0 Å². The quantitative estimate of drug-likeness (QED) is 0.210. The van der Waals surface area contributed by atoms with Crippen molar-refractivity contribution in [1.82, 2.24) is 9.97 Å². The van der Waals surface area contributed by atoms with Crippen molar-refractivity contribution in [3.05, 3.63) is 158 Å². The number of aromatic nitrogens is 2. The molecular weight excluding hydrogens is 548 g/mol. The van der Waals surface area contributed by atoms with Gasteiger partial charge in [-0.2, -0.15) is 0 Å². The van der Waals surface area contributed by atoms with Crippen LogP contribution in [0.15, 0.2) is 162 Å². The lowest BCUT2D eigenvalue weighted by Crippen LogP contribution is -1.96. The van der Waals surface area contributed by atoms with Gasteiger partial charge in [0.2, 0.25) is 0 Å². The third-order valence-corrected chi connectivity index (χ3v) is 8.67. The fourth-order valence-electron chi connectivity index (χ4n) is 6.49. The van der Waals surface area contributed by atoms with E-state index < -0.39 is 0 Å². The Morgan fingerprint density at radius 2 is 0.956 bits per heavy atom. The van der Waals surface area contributed by atoms with E-state index in [1.54, 1.807) is 0 Å². The predicted octanol–water partition coefficient (Wildman–Crippen LogP) is 11.4. The van der Waals surface area contributed by atoms with Gasteiger partial charge in [0.15, 0.2) is 5.82 Å². The second kappa shape index (κ2) is 10.3. The van der Waals surface area contributed by atoms with Gasteiger partial charge in [-0.25, -0.2) is 9.97 Å². The molecule has 0 aliphatic rings. The fraction of sp³-hybridized carbons (Fsp3) is 0. The molecule has 7 aromatic carbocycles. The third-order valence-electron chi connectivity index (χ3n) is 8.67. The lowest BCUT2D eigenvalue weighted by molar-refractivity contribution is 0.670. The van der Waals surface area contributed by atoms with E-state index in [2.05, 4.69) is 121 Å². The van der Waals surface area contributed by atoms with Crippen LogP contribution < -0.4 is 0 Å². The highest BCUT2D eigenvalue weighted by atomic mass is 16.3. The number of hydrogen-bond acceptors (Lipinski definition) is 3. The lowest BCUT2D eigenvalue weighted by Gasteiger charge is -2.11. The molecule has 0 saturated carbocycles. The standard InChI is InChI=1S/C42H26N2O/c1-3-12-29(13-4-1)36-26-37(30-14-5-2-6-15-30)44-42(43-36)31-21-19-28(20-22-31)35-25-32-16-8-10-18-34(32)40-39-33-17-9-7-11-27(33)23-24-38(39)45-41(35)40/h1-26H. The second-order valence-electron chi connectivity index (χ2n) is 11.4. The topological polar surface area (TPSA) is 38.9 Å². The highest BCUT2D eigenvalue weighted by molar-refractivity contribution is 6.28. The van der Waals surface area contributed by atoms with Gasteiger partial charge >= 0.3 is 0 Å². The number of fused-ring (bicyclic) bond motifs is 7. The Kier molecular flexibility index (Phi) is 5.82. The first-order valence-electron chi connectivity index (χ1n) is 15.2. The van der Waals surface area contributed by atoms with Crippen LogP contribution in [-0.4, -0.2) is 9.97 Å². The summed E-state index contributed by atoms with van der Waals surface area (Å²) < 4.78 is 6.67. The minimum absolute atomic E-state index is 0.695. The van der Waals surface area contributed by atoms with E-state index in [0.29, 0.717) is 5.82 Å². The van der Waals surface area contributed by atoms with Crippen molar-refractivity contribution in [1.29, 1.82) is 0 Å². The smallest absolute Gasteiger partial charge is 0.160 e. The van der Waals surface area contributed by atoms with E-state index in [-0.39, 0.29) is 0 Å². The molecule has 9 aromatic rings. The molecule has 210 valence electrons. The molecule has 0 atom stereocenters. The zero-order valence-corrected chi connectivity index (χ0v) is 24.3. The van der Waals surface area contributed by atoms with Crippen LogP contribution in [0.3, 0.4) is 0 Å². The Balaban J connectivity index is 1.22. The zero-order chi connectivity index (χ0) is 29.7. The van der Waals surface area contributed by atoms with Gasteiger partial charge in [0.05, 0.1) is 11.4 Å². The SMILES string of the molecule is c1ccc(-c2cc(-c3ccccc3)nc(-c3ccc(-c4cc5ccccc5c5c4oc4ccc6ccccc6c45)cc3)n2)cc1. The molecule has 0 amide bonds. The average molecular weight is 575 g/mol. The first-order chi connectivity index (χ1) is 22.3. The molecule has 3 heteroatoms. The molecule has 0 aliphatic heterocycles. The number of benzene rings is 7. The second-order valence-corrected chi connectivity index (χ2v) is 11.4. The van der Waals surface area contributed by atoms with Crippen LogP contribution in [0.25, 0.3) is 88.5 Å². The zero-order valence-electron chi connectivity index (χ0n) is 24.3. The molecule has 0 spiro atoms. The lowest BCUT2D eigenvalue weighted by atomic mass is 9.94. The minimum Gasteiger partial charge on any atom is -0.455 e. The number of nitrogens with zero attached hydrogens (tertiary/aromatic N) is 2. The normalized spacial score (nSPS) is 11.6. The van der Waals surface area contributed by atoms with Crippen LogP contribution in [-0.2, 0) is 0 Å². The highest BCUT2D eigenvalue weighted by Crippen LogP contribution is 2.43. The maximum atomic E-state index is 6.67. The molecule has 0 radical (unpaired) electrons. The molecule has 0 saturated heterocycles. The van der Waals surface area contributed by atoms with Gasteiger partial charge in [0.25, 0.3) is 0 Å². The van der Waals surface area contributed by atoms with Crippen molar-refractivity contribution < 1.29 is 4.42 Å². The molecule has 9 rings (SSSR count). The van der Waals surface area contributed by atoms with Crippen molar-refractivity contribution in [3.63, 3.8) is 0 Å². The van der Waals surface area contributed by atoms with Crippen LogP contribution in [0.4, 0.5) is 0 Å². The molecular formula is C42H26N2O. The number of rotatable bonds is 4. The summed E-state index contributed by atoms with van der Waals surface area (Å²) in [4.78, 5) is 10.0. The predicted molar refractivity (Wildman–Crippen MR) is 186 cm³/mol. The summed E-state index contributed by atoms with van der Waals surface area (Å²) in [6.07, 6.45) is 0. The monoisotopic (exact) mass is 574 g/mol. The van der Waals surface area contributed by atoms with Crippen molar-refractivity contribution in [3.8, 4) is 45.0 Å². The Bertz CT molecular complexity index is 2460. The maximum Gasteiger partial charge on any atom is 0.160 e. The van der Waals surface area contributed by atoms with E-state index in [1.165, 1.54) is 21.5 Å². The summed E-state index contributed by atoms with van der Waals surface area (Å²) in [6, 6.07) is 54.8. The first kappa shape index (κ1) is 25.4. The molecule has 2 heterocycles. The van der Waals surface area contributed by atoms with E-state index in [4.69, 9.17) is 14.4 Å². The maximum absolute atomic E-state index is 6.67. The number of furan rings is 1. The largest absolute Gasteiger partial charge is 0.455 e. The summed E-state index contributed by atoms with van der Waals surface area (Å²) in [7, 11) is 0. The Morgan fingerprint density at radius 3 is 1.62 bits per heavy atom. The van der Waals surface area contributed by atoms with Gasteiger partial charge < -0.3 is 4.42 Å². The van der Waals surface area contributed by atoms with Crippen LogP contribution in [0.1, 0.15) is 0 Å². The minimum atomic E-state index is 0.695. The van der Waals surface area contributed by atoms with Crippen molar-refractivity contribution in [2.75, 3.05) is 0 Å². The summed E-state index contributed by atoms with van der Waals surface area (Å²) >= 11 is 0. The highest BCUT2D eigenvalue weighted by Gasteiger charge is 2.18. The average Bonchev–Trinajstić information content (AvgIpc) is 3.53. The summed E-state index contributed by atoms with van der Waals surface area (Å²) in [5, 5.41) is 7.12.